The Labute approximate surface area is 99.9 Å². The van der Waals surface area contributed by atoms with E-state index >= 15 is 0 Å². The molecule has 5 nitrogen and oxygen atoms in total. The van der Waals surface area contributed by atoms with Crippen LogP contribution in [0.5, 0.6) is 5.88 Å². The highest BCUT2D eigenvalue weighted by molar-refractivity contribution is 5.38. The van der Waals surface area contributed by atoms with Crippen LogP contribution in [0.1, 0.15) is 11.3 Å². The van der Waals surface area contributed by atoms with Crippen LogP contribution in [0.2, 0.25) is 0 Å². The summed E-state index contributed by atoms with van der Waals surface area (Å²) in [6, 6.07) is 5.70. The van der Waals surface area contributed by atoms with Gasteiger partial charge in [-0.1, -0.05) is 6.07 Å². The molecule has 0 unspecified atom stereocenters. The minimum Gasteiger partial charge on any atom is -0.481 e. The largest absolute Gasteiger partial charge is 0.481 e. The van der Waals surface area contributed by atoms with Gasteiger partial charge in [-0.15, -0.1) is 0 Å². The molecule has 0 atom stereocenters. The topological polar surface area (TPSA) is 59.9 Å². The lowest BCUT2D eigenvalue weighted by molar-refractivity contribution is 0.397. The smallest absolute Gasteiger partial charge is 0.218 e. The van der Waals surface area contributed by atoms with Crippen molar-refractivity contribution in [2.24, 2.45) is 0 Å². The van der Waals surface area contributed by atoms with Crippen LogP contribution in [0.25, 0.3) is 0 Å². The van der Waals surface area contributed by atoms with Crippen LogP contribution in [-0.2, 0) is 6.54 Å². The van der Waals surface area contributed by atoms with Gasteiger partial charge in [-0.3, -0.25) is 4.98 Å². The van der Waals surface area contributed by atoms with Crippen molar-refractivity contribution in [1.29, 1.82) is 0 Å². The van der Waals surface area contributed by atoms with Gasteiger partial charge < -0.3 is 10.1 Å². The van der Waals surface area contributed by atoms with Crippen molar-refractivity contribution in [2.75, 3.05) is 12.4 Å². The van der Waals surface area contributed by atoms with E-state index in [2.05, 4.69) is 20.3 Å². The highest BCUT2D eigenvalue weighted by atomic mass is 16.5. The molecule has 88 valence electrons. The number of hydrogen-bond acceptors (Lipinski definition) is 5. The summed E-state index contributed by atoms with van der Waals surface area (Å²) in [4.78, 5) is 12.3. The maximum atomic E-state index is 5.02. The summed E-state index contributed by atoms with van der Waals surface area (Å²) in [6.07, 6.45) is 3.25. The Balaban J connectivity index is 2.05. The van der Waals surface area contributed by atoms with Gasteiger partial charge >= 0.3 is 0 Å². The Morgan fingerprint density at radius 1 is 1.29 bits per heavy atom. The van der Waals surface area contributed by atoms with Crippen molar-refractivity contribution in [3.63, 3.8) is 0 Å². The van der Waals surface area contributed by atoms with Crippen LogP contribution >= 0.6 is 0 Å². The summed E-state index contributed by atoms with van der Waals surface area (Å²) in [5.74, 6) is 1.27. The lowest BCUT2D eigenvalue weighted by Crippen LogP contribution is -2.05. The fourth-order valence-electron chi connectivity index (χ4n) is 1.43. The molecule has 0 radical (unpaired) electrons. The van der Waals surface area contributed by atoms with E-state index in [1.807, 2.05) is 19.1 Å². The number of aromatic nitrogens is 3. The van der Waals surface area contributed by atoms with Crippen molar-refractivity contribution in [2.45, 2.75) is 13.5 Å². The average molecular weight is 230 g/mol. The lowest BCUT2D eigenvalue weighted by atomic mass is 10.2. The minimum atomic E-state index is 0.542. The first kappa shape index (κ1) is 11.3. The fourth-order valence-corrected chi connectivity index (χ4v) is 1.43. The Bertz CT molecular complexity index is 501. The molecule has 0 aliphatic heterocycles. The summed E-state index contributed by atoms with van der Waals surface area (Å²) >= 11 is 0. The third kappa shape index (κ3) is 2.90. The molecule has 0 spiro atoms. The molecule has 0 amide bonds. The van der Waals surface area contributed by atoms with Crippen LogP contribution in [0.3, 0.4) is 0 Å². The second-order valence-corrected chi connectivity index (χ2v) is 3.57. The van der Waals surface area contributed by atoms with E-state index in [0.29, 0.717) is 12.4 Å². The molecule has 2 aromatic heterocycles. The normalized spacial score (nSPS) is 10.0. The quantitative estimate of drug-likeness (QED) is 0.867. The van der Waals surface area contributed by atoms with E-state index < -0.39 is 0 Å². The third-order valence-corrected chi connectivity index (χ3v) is 2.41. The average Bonchev–Trinajstić information content (AvgIpc) is 2.38. The van der Waals surface area contributed by atoms with Gasteiger partial charge in [0.25, 0.3) is 0 Å². The molecule has 2 aromatic rings. The fraction of sp³-hybridized carbons (Fsp3) is 0.250. The molecular weight excluding hydrogens is 216 g/mol. The number of pyridine rings is 1. The van der Waals surface area contributed by atoms with Crippen molar-refractivity contribution in [1.82, 2.24) is 15.0 Å². The van der Waals surface area contributed by atoms with Gasteiger partial charge in [0.15, 0.2) is 0 Å². The number of rotatable bonds is 4. The van der Waals surface area contributed by atoms with Gasteiger partial charge in [-0.25, -0.2) is 9.97 Å². The molecule has 0 aromatic carbocycles. The standard InChI is InChI=1S/C12H14N4O/c1-9-4-3-5-13-10(9)7-14-11-6-12(17-2)16-8-15-11/h3-6,8H,7H2,1-2H3,(H,14,15,16). The molecule has 0 aliphatic rings. The highest BCUT2D eigenvalue weighted by Crippen LogP contribution is 2.11. The van der Waals surface area contributed by atoms with Gasteiger partial charge in [-0.2, -0.15) is 0 Å². The molecule has 2 rings (SSSR count). The zero-order valence-corrected chi connectivity index (χ0v) is 9.84. The van der Waals surface area contributed by atoms with Crippen LogP contribution in [-0.4, -0.2) is 22.1 Å². The second kappa shape index (κ2) is 5.25. The first-order valence-electron chi connectivity index (χ1n) is 5.30. The SMILES string of the molecule is COc1cc(NCc2ncccc2C)ncn1. The molecule has 0 saturated carbocycles. The summed E-state index contributed by atoms with van der Waals surface area (Å²) < 4.78 is 5.02. The number of hydrogen-bond donors (Lipinski definition) is 1. The molecule has 0 bridgehead atoms. The Morgan fingerprint density at radius 3 is 2.94 bits per heavy atom. The maximum absolute atomic E-state index is 5.02. The van der Waals surface area contributed by atoms with E-state index in [0.717, 1.165) is 17.1 Å². The number of aryl methyl sites for hydroxylation is 1. The predicted molar refractivity (Wildman–Crippen MR) is 64.9 cm³/mol. The Hall–Kier alpha value is -2.17. The minimum absolute atomic E-state index is 0.542. The van der Waals surface area contributed by atoms with Gasteiger partial charge in [0.2, 0.25) is 5.88 Å². The van der Waals surface area contributed by atoms with Crippen LogP contribution < -0.4 is 10.1 Å². The molecule has 2 heterocycles. The monoisotopic (exact) mass is 230 g/mol. The van der Waals surface area contributed by atoms with Gasteiger partial charge in [0.05, 0.1) is 19.3 Å². The predicted octanol–water partition coefficient (Wildman–Crippen LogP) is 1.80. The van der Waals surface area contributed by atoms with E-state index in [1.165, 1.54) is 6.33 Å². The van der Waals surface area contributed by atoms with Crippen LogP contribution in [0.15, 0.2) is 30.7 Å². The van der Waals surface area contributed by atoms with E-state index in [-0.39, 0.29) is 0 Å². The van der Waals surface area contributed by atoms with E-state index in [1.54, 1.807) is 19.4 Å². The summed E-state index contributed by atoms with van der Waals surface area (Å²) in [5.41, 5.74) is 2.16. The van der Waals surface area contributed by atoms with Crippen molar-refractivity contribution < 1.29 is 4.74 Å². The third-order valence-electron chi connectivity index (χ3n) is 2.41. The molecule has 0 aliphatic carbocycles. The first-order chi connectivity index (χ1) is 8.29. The first-order valence-corrected chi connectivity index (χ1v) is 5.30. The lowest BCUT2D eigenvalue weighted by Gasteiger charge is -2.07. The van der Waals surface area contributed by atoms with Crippen molar-refractivity contribution in [3.05, 3.63) is 42.0 Å². The number of ether oxygens (including phenoxy) is 1. The van der Waals surface area contributed by atoms with Gasteiger partial charge in [-0.05, 0) is 18.6 Å². The Morgan fingerprint density at radius 2 is 2.18 bits per heavy atom. The molecular formula is C12H14N4O. The molecule has 0 fully saturated rings. The summed E-state index contributed by atoms with van der Waals surface area (Å²) in [7, 11) is 1.58. The zero-order chi connectivity index (χ0) is 12.1. The molecule has 5 heteroatoms. The van der Waals surface area contributed by atoms with Crippen molar-refractivity contribution >= 4 is 5.82 Å². The number of methoxy groups -OCH3 is 1. The number of anilines is 1. The highest BCUT2D eigenvalue weighted by Gasteiger charge is 2.01. The number of nitrogens with zero attached hydrogens (tertiary/aromatic N) is 3. The van der Waals surface area contributed by atoms with E-state index in [9.17, 15) is 0 Å². The van der Waals surface area contributed by atoms with Gasteiger partial charge in [0, 0.05) is 12.3 Å². The zero-order valence-electron chi connectivity index (χ0n) is 9.84. The molecule has 0 saturated heterocycles. The van der Waals surface area contributed by atoms with E-state index in [4.69, 9.17) is 4.74 Å². The molecule has 1 N–H and O–H groups in total. The van der Waals surface area contributed by atoms with Crippen molar-refractivity contribution in [3.8, 4) is 5.88 Å². The van der Waals surface area contributed by atoms with Gasteiger partial charge in [0.1, 0.15) is 12.1 Å². The summed E-state index contributed by atoms with van der Waals surface area (Å²) in [5, 5.41) is 3.18. The van der Waals surface area contributed by atoms with Crippen LogP contribution in [0.4, 0.5) is 5.82 Å². The Kier molecular flexibility index (Phi) is 3.49. The summed E-state index contributed by atoms with van der Waals surface area (Å²) in [6.45, 7) is 2.66. The molecule has 17 heavy (non-hydrogen) atoms. The number of nitrogens with one attached hydrogen (secondary N) is 1. The maximum Gasteiger partial charge on any atom is 0.218 e. The van der Waals surface area contributed by atoms with Crippen LogP contribution in [0, 0.1) is 6.92 Å². The second-order valence-electron chi connectivity index (χ2n) is 3.57.